The Kier molecular flexibility index (Phi) is 2.87. The van der Waals surface area contributed by atoms with Gasteiger partial charge in [0.2, 0.25) is 0 Å². The van der Waals surface area contributed by atoms with Gasteiger partial charge in [-0.25, -0.2) is 4.99 Å². The third-order valence-corrected chi connectivity index (χ3v) is 3.95. The number of aliphatic imine (C=N–C) groups is 1. The van der Waals surface area contributed by atoms with Crippen molar-refractivity contribution in [3.8, 4) is 0 Å². The number of nitrogens with one attached hydrogen (secondary N) is 1. The van der Waals surface area contributed by atoms with Gasteiger partial charge in [0.1, 0.15) is 5.84 Å². The number of hydrogen-bond acceptors (Lipinski definition) is 2. The lowest BCUT2D eigenvalue weighted by Crippen LogP contribution is -2.11. The van der Waals surface area contributed by atoms with Crippen LogP contribution in [0.4, 0.5) is 11.4 Å². The van der Waals surface area contributed by atoms with E-state index in [9.17, 15) is 0 Å². The Bertz CT molecular complexity index is 714. The van der Waals surface area contributed by atoms with Crippen molar-refractivity contribution in [3.63, 3.8) is 0 Å². The molecule has 0 atom stereocenters. The quantitative estimate of drug-likeness (QED) is 0.639. The first kappa shape index (κ1) is 12.4. The van der Waals surface area contributed by atoms with Crippen LogP contribution in [0.25, 0.3) is 10.8 Å². The lowest BCUT2D eigenvalue weighted by atomic mass is 10.0. The molecular weight excluding hydrogens is 314 g/mol. The molecule has 18 heavy (non-hydrogen) atoms. The second-order valence-corrected chi connectivity index (χ2v) is 5.61. The molecule has 1 N–H and O–H groups in total. The fourth-order valence-corrected chi connectivity index (χ4v) is 3.34. The Labute approximate surface area is 123 Å². The molecule has 0 unspecified atom stereocenters. The smallest absolute Gasteiger partial charge is 0.104 e. The molecule has 0 bridgehead atoms. The minimum Gasteiger partial charge on any atom is -0.342 e. The Balaban J connectivity index is 2.61. The average molecular weight is 320 g/mol. The van der Waals surface area contributed by atoms with Crippen LogP contribution in [-0.4, -0.2) is 5.84 Å². The molecule has 0 saturated carbocycles. The van der Waals surface area contributed by atoms with Crippen LogP contribution in [0.3, 0.4) is 0 Å². The largest absolute Gasteiger partial charge is 0.342 e. The van der Waals surface area contributed by atoms with E-state index >= 15 is 0 Å². The number of amidine groups is 1. The van der Waals surface area contributed by atoms with E-state index in [0.29, 0.717) is 31.2 Å². The third-order valence-electron chi connectivity index (χ3n) is 2.77. The van der Waals surface area contributed by atoms with Gasteiger partial charge in [0.15, 0.2) is 0 Å². The molecule has 0 amide bonds. The number of anilines is 1. The highest BCUT2D eigenvalue weighted by atomic mass is 35.5. The van der Waals surface area contributed by atoms with Crippen molar-refractivity contribution in [2.45, 2.75) is 6.92 Å². The number of nitrogens with zero attached hydrogens (tertiary/aromatic N) is 1. The van der Waals surface area contributed by atoms with Gasteiger partial charge in [0, 0.05) is 10.8 Å². The van der Waals surface area contributed by atoms with Gasteiger partial charge < -0.3 is 5.32 Å². The number of hydrogen-bond donors (Lipinski definition) is 1. The molecule has 2 nitrogen and oxygen atoms in total. The van der Waals surface area contributed by atoms with Gasteiger partial charge in [-0.2, -0.15) is 0 Å². The molecule has 0 fully saturated rings. The lowest BCUT2D eigenvalue weighted by Gasteiger charge is -2.20. The summed E-state index contributed by atoms with van der Waals surface area (Å²) in [6.45, 7) is 1.84. The van der Waals surface area contributed by atoms with Gasteiger partial charge in [0.25, 0.3) is 0 Å². The number of halogens is 4. The molecule has 1 aliphatic rings. The van der Waals surface area contributed by atoms with Crippen LogP contribution in [0.15, 0.2) is 17.1 Å². The first-order chi connectivity index (χ1) is 8.49. The molecule has 0 radical (unpaired) electrons. The molecule has 0 aliphatic carbocycles. The van der Waals surface area contributed by atoms with Crippen molar-refractivity contribution < 1.29 is 0 Å². The van der Waals surface area contributed by atoms with Gasteiger partial charge in [-0.1, -0.05) is 46.4 Å². The third kappa shape index (κ3) is 1.68. The summed E-state index contributed by atoms with van der Waals surface area (Å²) in [6, 6.07) is 3.31. The molecule has 2 aromatic carbocycles. The van der Waals surface area contributed by atoms with E-state index in [1.54, 1.807) is 12.1 Å². The summed E-state index contributed by atoms with van der Waals surface area (Å²) in [5.41, 5.74) is 1.38. The van der Waals surface area contributed by atoms with E-state index in [0.717, 1.165) is 16.9 Å². The summed E-state index contributed by atoms with van der Waals surface area (Å²) in [4.78, 5) is 4.38. The zero-order valence-corrected chi connectivity index (χ0v) is 12.1. The van der Waals surface area contributed by atoms with Crippen molar-refractivity contribution in [1.82, 2.24) is 0 Å². The van der Waals surface area contributed by atoms with Gasteiger partial charge in [-0.15, -0.1) is 0 Å². The number of rotatable bonds is 0. The fraction of sp³-hybridized carbons (Fsp3) is 0.0833. The predicted octanol–water partition coefficient (Wildman–Crippen LogP) is 5.93. The van der Waals surface area contributed by atoms with Crippen LogP contribution in [-0.2, 0) is 0 Å². The van der Waals surface area contributed by atoms with E-state index in [2.05, 4.69) is 10.3 Å². The fourth-order valence-electron chi connectivity index (χ4n) is 2.07. The zero-order chi connectivity index (χ0) is 13.0. The SMILES string of the molecule is CC1=Nc2c(Cl)cc(Cl)c3c(Cl)cc(Cl)c(c23)N1. The van der Waals surface area contributed by atoms with E-state index in [1.807, 2.05) is 6.92 Å². The van der Waals surface area contributed by atoms with Gasteiger partial charge >= 0.3 is 0 Å². The van der Waals surface area contributed by atoms with Crippen molar-refractivity contribution in [2.24, 2.45) is 4.99 Å². The molecular formula is C12H6Cl4N2. The highest BCUT2D eigenvalue weighted by Gasteiger charge is 2.22. The Hall–Kier alpha value is -0.670. The second-order valence-electron chi connectivity index (χ2n) is 3.98. The van der Waals surface area contributed by atoms with E-state index < -0.39 is 0 Å². The summed E-state index contributed by atoms with van der Waals surface area (Å²) in [6.07, 6.45) is 0. The molecule has 0 saturated heterocycles. The predicted molar refractivity (Wildman–Crippen MR) is 80.4 cm³/mol. The van der Waals surface area contributed by atoms with E-state index in [-0.39, 0.29) is 0 Å². The van der Waals surface area contributed by atoms with Crippen LogP contribution >= 0.6 is 46.4 Å². The maximum Gasteiger partial charge on any atom is 0.104 e. The summed E-state index contributed by atoms with van der Waals surface area (Å²) < 4.78 is 0. The number of benzene rings is 2. The summed E-state index contributed by atoms with van der Waals surface area (Å²) in [5.74, 6) is 0.720. The zero-order valence-electron chi connectivity index (χ0n) is 9.11. The van der Waals surface area contributed by atoms with E-state index in [1.165, 1.54) is 0 Å². The molecule has 92 valence electrons. The van der Waals surface area contributed by atoms with E-state index in [4.69, 9.17) is 46.4 Å². The van der Waals surface area contributed by atoms with Crippen LogP contribution in [0, 0.1) is 0 Å². The van der Waals surface area contributed by atoms with Crippen LogP contribution in [0.1, 0.15) is 6.92 Å². The molecule has 6 heteroatoms. The maximum absolute atomic E-state index is 6.20. The highest BCUT2D eigenvalue weighted by molar-refractivity contribution is 6.48. The summed E-state index contributed by atoms with van der Waals surface area (Å²) >= 11 is 24.8. The van der Waals surface area contributed by atoms with Crippen LogP contribution < -0.4 is 5.32 Å². The lowest BCUT2D eigenvalue weighted by molar-refractivity contribution is 1.46. The molecule has 0 aromatic heterocycles. The first-order valence-corrected chi connectivity index (χ1v) is 6.62. The van der Waals surface area contributed by atoms with Gasteiger partial charge in [-0.3, -0.25) is 0 Å². The maximum atomic E-state index is 6.20. The monoisotopic (exact) mass is 318 g/mol. The molecule has 3 rings (SSSR count). The topological polar surface area (TPSA) is 24.4 Å². The van der Waals surface area contributed by atoms with Crippen molar-refractivity contribution in [1.29, 1.82) is 0 Å². The molecule has 0 spiro atoms. The van der Waals surface area contributed by atoms with Crippen LogP contribution in [0.5, 0.6) is 0 Å². The molecule has 2 aromatic rings. The minimum atomic E-state index is 0.480. The summed E-state index contributed by atoms with van der Waals surface area (Å²) in [7, 11) is 0. The summed E-state index contributed by atoms with van der Waals surface area (Å²) in [5, 5.41) is 6.55. The Morgan fingerprint density at radius 3 is 2.17 bits per heavy atom. The van der Waals surface area contributed by atoms with Crippen LogP contribution in [0.2, 0.25) is 20.1 Å². The first-order valence-electron chi connectivity index (χ1n) is 5.11. The van der Waals surface area contributed by atoms with Crippen molar-refractivity contribution in [3.05, 3.63) is 32.2 Å². The van der Waals surface area contributed by atoms with Crippen molar-refractivity contribution >= 4 is 74.4 Å². The minimum absolute atomic E-state index is 0.480. The van der Waals surface area contributed by atoms with Gasteiger partial charge in [0.05, 0.1) is 31.5 Å². The Morgan fingerprint density at radius 2 is 1.50 bits per heavy atom. The van der Waals surface area contributed by atoms with Crippen molar-refractivity contribution in [2.75, 3.05) is 5.32 Å². The second kappa shape index (κ2) is 4.17. The highest BCUT2D eigenvalue weighted by Crippen LogP contribution is 2.49. The van der Waals surface area contributed by atoms with Gasteiger partial charge in [-0.05, 0) is 19.1 Å². The molecule has 1 heterocycles. The normalized spacial score (nSPS) is 13.5. The average Bonchev–Trinajstić information content (AvgIpc) is 2.28. The standard InChI is InChI=1S/C12H6Cl4N2/c1-4-17-11-7(15)2-5(13)9-6(14)3-8(16)12(18-4)10(9)11/h2-3H,1H3,(H,17,18). The Morgan fingerprint density at radius 1 is 0.889 bits per heavy atom. The molecule has 1 aliphatic heterocycles.